The minimum absolute atomic E-state index is 0.0288. The van der Waals surface area contributed by atoms with Crippen LogP contribution in [0.3, 0.4) is 0 Å². The van der Waals surface area contributed by atoms with Gasteiger partial charge in [-0.3, -0.25) is 4.79 Å². The highest BCUT2D eigenvalue weighted by molar-refractivity contribution is 9.10. The Morgan fingerprint density at radius 2 is 1.67 bits per heavy atom. The number of amidine groups is 1. The molecule has 27 heavy (non-hydrogen) atoms. The fourth-order valence-electron chi connectivity index (χ4n) is 2.97. The van der Waals surface area contributed by atoms with E-state index in [2.05, 4.69) is 27.3 Å². The molecule has 1 heterocycles. The van der Waals surface area contributed by atoms with Crippen molar-refractivity contribution in [3.05, 3.63) is 94.5 Å². The number of rotatable bonds is 4. The third-order valence-corrected chi connectivity index (χ3v) is 5.97. The van der Waals surface area contributed by atoms with Crippen molar-refractivity contribution in [1.82, 2.24) is 0 Å². The summed E-state index contributed by atoms with van der Waals surface area (Å²) in [6.07, 6.45) is 0.429. The highest BCUT2D eigenvalue weighted by Crippen LogP contribution is 2.43. The molecule has 1 N–H and O–H groups in total. The van der Waals surface area contributed by atoms with Gasteiger partial charge in [0.15, 0.2) is 11.0 Å². The quantitative estimate of drug-likeness (QED) is 0.467. The molecule has 4 rings (SSSR count). The number of anilines is 1. The molecule has 3 aromatic carbocycles. The second kappa shape index (κ2) is 8.11. The number of hydrogen-bond acceptors (Lipinski definition) is 4. The zero-order chi connectivity index (χ0) is 18.6. The topological polar surface area (TPSA) is 41.5 Å². The first-order valence-electron chi connectivity index (χ1n) is 8.64. The number of fused-ring (bicyclic) bond motifs is 1. The van der Waals surface area contributed by atoms with Crippen molar-refractivity contribution in [2.24, 2.45) is 4.99 Å². The number of Topliss-reactive ketones (excluding diaryl/α,β-unsaturated/α-hetero) is 1. The van der Waals surface area contributed by atoms with Gasteiger partial charge in [-0.2, -0.15) is 0 Å². The van der Waals surface area contributed by atoms with Crippen molar-refractivity contribution in [2.75, 3.05) is 5.32 Å². The first kappa shape index (κ1) is 18.0. The van der Waals surface area contributed by atoms with Crippen LogP contribution in [-0.2, 0) is 0 Å². The van der Waals surface area contributed by atoms with Crippen LogP contribution < -0.4 is 5.32 Å². The molecule has 0 saturated carbocycles. The molecule has 0 spiro atoms. The van der Waals surface area contributed by atoms with Gasteiger partial charge < -0.3 is 5.32 Å². The number of nitrogens with zero attached hydrogens (tertiary/aromatic N) is 1. The smallest absolute Gasteiger partial charge is 0.166 e. The molecule has 1 atom stereocenters. The highest BCUT2D eigenvalue weighted by atomic mass is 79.9. The highest BCUT2D eigenvalue weighted by Gasteiger charge is 2.26. The van der Waals surface area contributed by atoms with Crippen LogP contribution >= 0.6 is 27.7 Å². The van der Waals surface area contributed by atoms with Crippen molar-refractivity contribution >= 4 is 50.0 Å². The zero-order valence-electron chi connectivity index (χ0n) is 14.4. The summed E-state index contributed by atoms with van der Waals surface area (Å²) < 4.78 is 0.970. The first-order chi connectivity index (χ1) is 13.2. The van der Waals surface area contributed by atoms with E-state index in [-0.39, 0.29) is 11.0 Å². The Labute approximate surface area is 171 Å². The van der Waals surface area contributed by atoms with Crippen molar-refractivity contribution in [3.8, 4) is 0 Å². The predicted molar refractivity (Wildman–Crippen MR) is 117 cm³/mol. The van der Waals surface area contributed by atoms with Gasteiger partial charge in [0.1, 0.15) is 0 Å². The number of thioether (sulfide) groups is 1. The Morgan fingerprint density at radius 1 is 0.963 bits per heavy atom. The summed E-state index contributed by atoms with van der Waals surface area (Å²) in [6, 6.07) is 25.5. The summed E-state index contributed by atoms with van der Waals surface area (Å²) >= 11 is 5.02. The van der Waals surface area contributed by atoms with Crippen LogP contribution in [0.2, 0.25) is 0 Å². The van der Waals surface area contributed by atoms with Gasteiger partial charge in [0, 0.05) is 27.4 Å². The van der Waals surface area contributed by atoms with Gasteiger partial charge in [-0.05, 0) is 35.9 Å². The first-order valence-corrected chi connectivity index (χ1v) is 10.3. The number of ketones is 1. The third-order valence-electron chi connectivity index (χ3n) is 4.32. The molecule has 1 aliphatic heterocycles. The minimum atomic E-state index is 0.0288. The van der Waals surface area contributed by atoms with Gasteiger partial charge in [0.05, 0.1) is 5.69 Å². The van der Waals surface area contributed by atoms with E-state index in [0.717, 1.165) is 32.1 Å². The average Bonchev–Trinajstić information content (AvgIpc) is 2.69. The summed E-state index contributed by atoms with van der Waals surface area (Å²) in [5, 5.41) is 4.21. The number of carbonyl (C=O) groups is 1. The van der Waals surface area contributed by atoms with Gasteiger partial charge in [-0.25, -0.2) is 4.99 Å². The molecule has 3 aromatic rings. The standard InChI is InChI=1S/C22H17BrN2OS/c23-16-12-10-15(11-13-16)20(26)14-21-18-8-4-5-9-19(18)25-22(27-21)24-17-6-2-1-3-7-17/h1-13,21H,14H2,(H,24,25). The van der Waals surface area contributed by atoms with Crippen LogP contribution in [0, 0.1) is 0 Å². The van der Waals surface area contributed by atoms with E-state index in [9.17, 15) is 4.79 Å². The largest absolute Gasteiger partial charge is 0.335 e. The van der Waals surface area contributed by atoms with E-state index in [1.165, 1.54) is 0 Å². The Morgan fingerprint density at radius 3 is 2.44 bits per heavy atom. The second-order valence-electron chi connectivity index (χ2n) is 6.21. The van der Waals surface area contributed by atoms with Crippen LogP contribution in [0.15, 0.2) is 88.3 Å². The number of para-hydroxylation sites is 2. The molecule has 0 bridgehead atoms. The van der Waals surface area contributed by atoms with Gasteiger partial charge in [-0.1, -0.05) is 76.2 Å². The van der Waals surface area contributed by atoms with Crippen molar-refractivity contribution in [1.29, 1.82) is 0 Å². The van der Waals surface area contributed by atoms with Crippen LogP contribution in [0.4, 0.5) is 11.4 Å². The number of benzene rings is 3. The summed E-state index contributed by atoms with van der Waals surface area (Å²) in [6.45, 7) is 0. The summed E-state index contributed by atoms with van der Waals surface area (Å²) in [5.74, 6) is 0.135. The van der Waals surface area contributed by atoms with Crippen molar-refractivity contribution in [3.63, 3.8) is 0 Å². The minimum Gasteiger partial charge on any atom is -0.335 e. The Hall–Kier alpha value is -2.37. The molecule has 0 amide bonds. The maximum absolute atomic E-state index is 12.8. The molecule has 0 radical (unpaired) electrons. The lowest BCUT2D eigenvalue weighted by Gasteiger charge is -2.24. The molecular weight excluding hydrogens is 420 g/mol. The molecule has 0 aliphatic carbocycles. The Kier molecular flexibility index (Phi) is 5.41. The molecular formula is C22H17BrN2OS. The van der Waals surface area contributed by atoms with E-state index in [1.54, 1.807) is 11.8 Å². The molecule has 0 saturated heterocycles. The summed E-state index contributed by atoms with van der Waals surface area (Å²) in [5.41, 5.74) is 3.74. The van der Waals surface area contributed by atoms with Crippen molar-refractivity contribution < 1.29 is 4.79 Å². The number of aliphatic imine (C=N–C) groups is 1. The lowest BCUT2D eigenvalue weighted by Crippen LogP contribution is -2.16. The summed E-state index contributed by atoms with van der Waals surface area (Å²) in [4.78, 5) is 17.5. The number of halogens is 1. The maximum atomic E-state index is 12.8. The fourth-order valence-corrected chi connectivity index (χ4v) is 4.39. The summed E-state index contributed by atoms with van der Waals surface area (Å²) in [7, 11) is 0. The molecule has 0 fully saturated rings. The van der Waals surface area contributed by atoms with E-state index >= 15 is 0 Å². The SMILES string of the molecule is O=C(CC1SC(Nc2ccccc2)=Nc2ccccc21)c1ccc(Br)cc1. The zero-order valence-corrected chi connectivity index (χ0v) is 16.8. The molecule has 134 valence electrons. The lowest BCUT2D eigenvalue weighted by atomic mass is 10.0. The number of nitrogens with one attached hydrogen (secondary N) is 1. The van der Waals surface area contributed by atoms with Crippen LogP contribution in [-0.4, -0.2) is 11.0 Å². The van der Waals surface area contributed by atoms with Crippen LogP contribution in [0.5, 0.6) is 0 Å². The van der Waals surface area contributed by atoms with Gasteiger partial charge in [0.25, 0.3) is 0 Å². The number of hydrogen-bond donors (Lipinski definition) is 1. The average molecular weight is 437 g/mol. The van der Waals surface area contributed by atoms with Gasteiger partial charge in [0.2, 0.25) is 0 Å². The fraction of sp³-hybridized carbons (Fsp3) is 0.0909. The van der Waals surface area contributed by atoms with Crippen LogP contribution in [0.25, 0.3) is 0 Å². The van der Waals surface area contributed by atoms with Gasteiger partial charge >= 0.3 is 0 Å². The molecule has 3 nitrogen and oxygen atoms in total. The predicted octanol–water partition coefficient (Wildman–Crippen LogP) is 6.61. The lowest BCUT2D eigenvalue weighted by molar-refractivity contribution is 0.0982. The van der Waals surface area contributed by atoms with E-state index < -0.39 is 0 Å². The van der Waals surface area contributed by atoms with E-state index in [0.29, 0.717) is 6.42 Å². The normalized spacial score (nSPS) is 15.6. The Bertz CT molecular complexity index is 987. The van der Waals surface area contributed by atoms with E-state index in [4.69, 9.17) is 4.99 Å². The molecule has 5 heteroatoms. The van der Waals surface area contributed by atoms with Crippen molar-refractivity contribution in [2.45, 2.75) is 11.7 Å². The van der Waals surface area contributed by atoms with E-state index in [1.807, 2.05) is 72.8 Å². The maximum Gasteiger partial charge on any atom is 0.166 e. The third kappa shape index (κ3) is 4.31. The molecule has 1 aliphatic rings. The van der Waals surface area contributed by atoms with Crippen LogP contribution in [0.1, 0.15) is 27.6 Å². The molecule has 1 unspecified atom stereocenters. The second-order valence-corrected chi connectivity index (χ2v) is 8.31. The van der Waals surface area contributed by atoms with Gasteiger partial charge in [-0.15, -0.1) is 0 Å². The molecule has 0 aromatic heterocycles. The Balaban J connectivity index is 1.58. The number of carbonyl (C=O) groups excluding carboxylic acids is 1. The monoisotopic (exact) mass is 436 g/mol.